The number of carbonyl (C=O) groups is 1. The van der Waals surface area contributed by atoms with Gasteiger partial charge in [0, 0.05) is 13.0 Å². The smallest absolute Gasteiger partial charge is 0.124 e. The third-order valence-electron chi connectivity index (χ3n) is 1.45. The van der Waals surface area contributed by atoms with Crippen LogP contribution in [0.1, 0.15) is 12.8 Å². The van der Waals surface area contributed by atoms with E-state index >= 15 is 0 Å². The first-order chi connectivity index (χ1) is 4.43. The Morgan fingerprint density at radius 1 is 1.78 bits per heavy atom. The monoisotopic (exact) mass is 125 g/mol. The van der Waals surface area contributed by atoms with E-state index in [9.17, 15) is 4.79 Å². The predicted molar refractivity (Wildman–Crippen MR) is 36.3 cm³/mol. The molecule has 0 aromatic heterocycles. The summed E-state index contributed by atoms with van der Waals surface area (Å²) in [5.41, 5.74) is 1.23. The van der Waals surface area contributed by atoms with Gasteiger partial charge in [-0.05, 0) is 13.0 Å². The van der Waals surface area contributed by atoms with Crippen LogP contribution in [-0.4, -0.2) is 19.4 Å². The molecule has 0 saturated heterocycles. The lowest BCUT2D eigenvalue weighted by atomic mass is 10.1. The fraction of sp³-hybridized carbons (Fsp3) is 0.571. The van der Waals surface area contributed by atoms with Crippen LogP contribution in [-0.2, 0) is 4.79 Å². The third kappa shape index (κ3) is 1.98. The van der Waals surface area contributed by atoms with Crippen LogP contribution in [0.3, 0.4) is 0 Å². The molecule has 1 N–H and O–H groups in total. The van der Waals surface area contributed by atoms with Gasteiger partial charge in [0.25, 0.3) is 0 Å². The zero-order valence-corrected chi connectivity index (χ0v) is 5.39. The average Bonchev–Trinajstić information content (AvgIpc) is 1.91. The lowest BCUT2D eigenvalue weighted by Gasteiger charge is -2.10. The number of hydrogen-bond acceptors (Lipinski definition) is 2. The van der Waals surface area contributed by atoms with Crippen molar-refractivity contribution >= 4 is 6.29 Å². The minimum absolute atomic E-state index is 0.604. The van der Waals surface area contributed by atoms with Crippen molar-refractivity contribution in [3.63, 3.8) is 0 Å². The standard InChI is InChI=1S/C7H11NO/c9-5-3-7-2-1-4-8-6-7/h2,5,8H,1,3-4,6H2. The Balaban J connectivity index is 2.36. The molecule has 2 nitrogen and oxygen atoms in total. The number of rotatable bonds is 2. The van der Waals surface area contributed by atoms with E-state index in [4.69, 9.17) is 0 Å². The lowest BCUT2D eigenvalue weighted by Crippen LogP contribution is -2.22. The predicted octanol–water partition coefficient (Wildman–Crippen LogP) is 0.495. The fourth-order valence-corrected chi connectivity index (χ4v) is 0.962. The highest BCUT2D eigenvalue weighted by molar-refractivity contribution is 5.54. The fourth-order valence-electron chi connectivity index (χ4n) is 0.962. The summed E-state index contributed by atoms with van der Waals surface area (Å²) in [5, 5.41) is 3.19. The first-order valence-electron chi connectivity index (χ1n) is 3.26. The van der Waals surface area contributed by atoms with Gasteiger partial charge < -0.3 is 10.1 Å². The first-order valence-corrected chi connectivity index (χ1v) is 3.26. The van der Waals surface area contributed by atoms with Crippen LogP contribution < -0.4 is 5.32 Å². The molecule has 0 atom stereocenters. The highest BCUT2D eigenvalue weighted by Gasteiger charge is 1.99. The molecule has 9 heavy (non-hydrogen) atoms. The molecule has 1 heterocycles. The highest BCUT2D eigenvalue weighted by atomic mass is 16.1. The van der Waals surface area contributed by atoms with Gasteiger partial charge in [0.05, 0.1) is 0 Å². The Morgan fingerprint density at radius 3 is 3.22 bits per heavy atom. The maximum Gasteiger partial charge on any atom is 0.124 e. The van der Waals surface area contributed by atoms with Gasteiger partial charge in [0.2, 0.25) is 0 Å². The zero-order valence-electron chi connectivity index (χ0n) is 5.39. The van der Waals surface area contributed by atoms with Crippen molar-refractivity contribution in [1.82, 2.24) is 5.32 Å². The van der Waals surface area contributed by atoms with Crippen LogP contribution in [0.5, 0.6) is 0 Å². The molecule has 0 aromatic rings. The van der Waals surface area contributed by atoms with Crippen molar-refractivity contribution in [3.05, 3.63) is 11.6 Å². The Labute approximate surface area is 54.9 Å². The van der Waals surface area contributed by atoms with Gasteiger partial charge in [-0.1, -0.05) is 11.6 Å². The van der Waals surface area contributed by atoms with E-state index in [1.807, 2.05) is 0 Å². The van der Waals surface area contributed by atoms with E-state index in [1.165, 1.54) is 5.57 Å². The van der Waals surface area contributed by atoms with Crippen LogP contribution in [0.2, 0.25) is 0 Å². The second-order valence-corrected chi connectivity index (χ2v) is 2.20. The Bertz CT molecular complexity index is 129. The van der Waals surface area contributed by atoms with Crippen LogP contribution in [0.4, 0.5) is 0 Å². The van der Waals surface area contributed by atoms with Gasteiger partial charge in [0.15, 0.2) is 0 Å². The van der Waals surface area contributed by atoms with E-state index in [0.29, 0.717) is 6.42 Å². The van der Waals surface area contributed by atoms with E-state index in [-0.39, 0.29) is 0 Å². The summed E-state index contributed by atoms with van der Waals surface area (Å²) in [6.45, 7) is 1.96. The molecule has 0 saturated carbocycles. The maximum atomic E-state index is 10.0. The van der Waals surface area contributed by atoms with Crippen LogP contribution in [0.15, 0.2) is 11.6 Å². The second kappa shape index (κ2) is 3.41. The summed E-state index contributed by atoms with van der Waals surface area (Å²) in [6, 6.07) is 0. The number of carbonyl (C=O) groups excluding carboxylic acids is 1. The summed E-state index contributed by atoms with van der Waals surface area (Å²) in [5.74, 6) is 0. The summed E-state index contributed by atoms with van der Waals surface area (Å²) < 4.78 is 0. The molecule has 0 aromatic carbocycles. The molecule has 1 aliphatic rings. The molecule has 0 bridgehead atoms. The SMILES string of the molecule is O=CCC1=CCCNC1. The summed E-state index contributed by atoms with van der Waals surface area (Å²) >= 11 is 0. The number of hydrogen-bond donors (Lipinski definition) is 1. The molecular formula is C7H11NO. The molecule has 50 valence electrons. The molecule has 1 rings (SSSR count). The molecule has 2 heteroatoms. The van der Waals surface area contributed by atoms with Gasteiger partial charge >= 0.3 is 0 Å². The third-order valence-corrected chi connectivity index (χ3v) is 1.45. The summed E-state index contributed by atoms with van der Waals surface area (Å²) in [7, 11) is 0. The van der Waals surface area contributed by atoms with Crippen molar-refractivity contribution in [2.24, 2.45) is 0 Å². The topological polar surface area (TPSA) is 29.1 Å². The van der Waals surface area contributed by atoms with Crippen LogP contribution in [0.25, 0.3) is 0 Å². The molecule has 0 radical (unpaired) electrons. The highest BCUT2D eigenvalue weighted by Crippen LogP contribution is 2.02. The molecule has 1 aliphatic heterocycles. The Morgan fingerprint density at radius 2 is 2.67 bits per heavy atom. The van der Waals surface area contributed by atoms with Crippen molar-refractivity contribution < 1.29 is 4.79 Å². The average molecular weight is 125 g/mol. The molecule has 0 aliphatic carbocycles. The zero-order chi connectivity index (χ0) is 6.53. The molecule has 0 fully saturated rings. The first kappa shape index (κ1) is 6.49. The van der Waals surface area contributed by atoms with Crippen molar-refractivity contribution in [1.29, 1.82) is 0 Å². The minimum atomic E-state index is 0.604. The molecule has 0 unspecified atom stereocenters. The van der Waals surface area contributed by atoms with Gasteiger partial charge in [-0.3, -0.25) is 0 Å². The van der Waals surface area contributed by atoms with Crippen molar-refractivity contribution in [2.45, 2.75) is 12.8 Å². The molecule has 0 spiro atoms. The minimum Gasteiger partial charge on any atom is -0.313 e. The normalized spacial score (nSPS) is 18.9. The number of nitrogens with one attached hydrogen (secondary N) is 1. The van der Waals surface area contributed by atoms with Gasteiger partial charge in [0.1, 0.15) is 6.29 Å². The largest absolute Gasteiger partial charge is 0.313 e. The van der Waals surface area contributed by atoms with E-state index < -0.39 is 0 Å². The van der Waals surface area contributed by atoms with Gasteiger partial charge in [-0.2, -0.15) is 0 Å². The second-order valence-electron chi connectivity index (χ2n) is 2.20. The van der Waals surface area contributed by atoms with Gasteiger partial charge in [-0.15, -0.1) is 0 Å². The lowest BCUT2D eigenvalue weighted by molar-refractivity contribution is -0.107. The summed E-state index contributed by atoms with van der Waals surface area (Å²) in [4.78, 5) is 10.0. The van der Waals surface area contributed by atoms with Crippen LogP contribution >= 0.6 is 0 Å². The number of aldehydes is 1. The van der Waals surface area contributed by atoms with E-state index in [0.717, 1.165) is 25.8 Å². The quantitative estimate of drug-likeness (QED) is 0.430. The van der Waals surface area contributed by atoms with Crippen molar-refractivity contribution in [3.8, 4) is 0 Å². The van der Waals surface area contributed by atoms with Gasteiger partial charge in [-0.25, -0.2) is 0 Å². The van der Waals surface area contributed by atoms with Crippen molar-refractivity contribution in [2.75, 3.05) is 13.1 Å². The molecular weight excluding hydrogens is 114 g/mol. The van der Waals surface area contributed by atoms with E-state index in [2.05, 4.69) is 11.4 Å². The Kier molecular flexibility index (Phi) is 2.46. The molecule has 0 amide bonds. The maximum absolute atomic E-state index is 10.0. The van der Waals surface area contributed by atoms with Crippen LogP contribution in [0, 0.1) is 0 Å². The van der Waals surface area contributed by atoms with E-state index in [1.54, 1.807) is 0 Å². The Hall–Kier alpha value is -0.630. The summed E-state index contributed by atoms with van der Waals surface area (Å²) in [6.07, 6.45) is 4.78.